The maximum atomic E-state index is 13.3. The quantitative estimate of drug-likeness (QED) is 0.186. The van der Waals surface area contributed by atoms with Gasteiger partial charge in [0.2, 0.25) is 0 Å². The Bertz CT molecular complexity index is 1330. The summed E-state index contributed by atoms with van der Waals surface area (Å²) >= 11 is 0. The van der Waals surface area contributed by atoms with E-state index in [1.807, 2.05) is 0 Å². The van der Waals surface area contributed by atoms with Crippen molar-refractivity contribution in [2.24, 2.45) is 39.4 Å². The van der Waals surface area contributed by atoms with Gasteiger partial charge in [0.05, 0.1) is 30.1 Å². The molecular formula is C38H60O10. The number of hydrogen-bond donors (Lipinski definition) is 4. The molecule has 0 aromatic carbocycles. The zero-order chi connectivity index (χ0) is 35.8. The molecule has 0 aromatic heterocycles. The number of carbonyl (C=O) groups is 3. The number of ether oxygens (including phenoxy) is 3. The highest BCUT2D eigenvalue weighted by molar-refractivity contribution is 5.74. The van der Waals surface area contributed by atoms with Crippen molar-refractivity contribution in [2.45, 2.75) is 169 Å². The summed E-state index contributed by atoms with van der Waals surface area (Å²) in [6.45, 7) is 17.5. The molecule has 1 aliphatic heterocycles. The van der Waals surface area contributed by atoms with Crippen LogP contribution in [0, 0.1) is 39.4 Å². The van der Waals surface area contributed by atoms with Crippen molar-refractivity contribution < 1.29 is 49.0 Å². The number of carboxylic acids is 1. The molecule has 4 aliphatic carbocycles. The predicted octanol–water partition coefficient (Wildman–Crippen LogP) is 5.69. The normalized spacial score (nSPS) is 42.1. The lowest BCUT2D eigenvalue weighted by Gasteiger charge is -2.63. The highest BCUT2D eigenvalue weighted by Gasteiger charge is 2.66. The van der Waals surface area contributed by atoms with Crippen LogP contribution in [0.15, 0.2) is 11.1 Å². The highest BCUT2D eigenvalue weighted by Crippen LogP contribution is 2.73. The van der Waals surface area contributed by atoms with E-state index in [1.165, 1.54) is 25.0 Å². The van der Waals surface area contributed by atoms with Crippen molar-refractivity contribution in [3.63, 3.8) is 0 Å². The van der Waals surface area contributed by atoms with Crippen molar-refractivity contribution in [1.82, 2.24) is 0 Å². The first kappa shape index (κ1) is 37.3. The Hall–Kier alpha value is -2.01. The molecule has 0 radical (unpaired) electrons. The third kappa shape index (κ3) is 6.26. The molecule has 1 heterocycles. The van der Waals surface area contributed by atoms with Gasteiger partial charge in [-0.15, -0.1) is 0 Å². The largest absolute Gasteiger partial charge is 0.481 e. The van der Waals surface area contributed by atoms with Gasteiger partial charge >= 0.3 is 17.9 Å². The number of esters is 2. The Balaban J connectivity index is 1.46. The molecule has 5 aliphatic rings. The SMILES string of the molecule is CC(=O)OC1C(OC(=O)CC(C)(O)CC(=O)O)CC2(C)C3=C(CCC2C1(C)C)C1(C)CCC(C2CCC(C(C)(C)O)OC2O)C1(C)CC3. The molecule has 0 aromatic rings. The van der Waals surface area contributed by atoms with E-state index in [1.54, 1.807) is 13.8 Å². The first-order chi connectivity index (χ1) is 22.0. The number of carboxylic acid groups (broad SMARTS) is 1. The van der Waals surface area contributed by atoms with Gasteiger partial charge in [-0.05, 0) is 107 Å². The molecule has 1 saturated heterocycles. The van der Waals surface area contributed by atoms with Crippen LogP contribution in [-0.2, 0) is 28.6 Å². The average Bonchev–Trinajstić information content (AvgIpc) is 3.20. The monoisotopic (exact) mass is 676 g/mol. The third-order valence-electron chi connectivity index (χ3n) is 14.1. The molecule has 48 heavy (non-hydrogen) atoms. The van der Waals surface area contributed by atoms with E-state index >= 15 is 0 Å². The fourth-order valence-corrected chi connectivity index (χ4v) is 11.7. The van der Waals surface area contributed by atoms with Gasteiger partial charge < -0.3 is 34.6 Å². The standard InChI is InChI=1S/C38H60O10/c1-21(39)46-31-26(47-30(42)20-35(6,45)19-29(40)41)18-36(7)24-15-17-37(8)23(22-10-13-28(34(4,5)44)48-32(22)43)14-16-38(37,9)25(24)11-12-27(36)33(31,2)3/h22-23,26-28,31-32,43-45H,10-20H2,1-9H3,(H,40,41). The first-order valence-electron chi connectivity index (χ1n) is 18.1. The molecular weight excluding hydrogens is 616 g/mol. The van der Waals surface area contributed by atoms with Crippen LogP contribution in [0.5, 0.6) is 0 Å². The molecule has 11 unspecified atom stereocenters. The van der Waals surface area contributed by atoms with Gasteiger partial charge in [-0.1, -0.05) is 45.8 Å². The van der Waals surface area contributed by atoms with E-state index in [4.69, 9.17) is 14.2 Å². The van der Waals surface area contributed by atoms with Crippen molar-refractivity contribution in [2.75, 3.05) is 0 Å². The number of allylic oxidation sites excluding steroid dienone is 2. The summed E-state index contributed by atoms with van der Waals surface area (Å²) in [5.41, 5.74) is -0.857. The maximum absolute atomic E-state index is 13.3. The van der Waals surface area contributed by atoms with Crippen LogP contribution in [0.2, 0.25) is 0 Å². The average molecular weight is 677 g/mol. The second kappa shape index (κ2) is 12.3. The number of fused-ring (bicyclic) bond motifs is 4. The molecule has 10 heteroatoms. The second-order valence-corrected chi connectivity index (χ2v) is 18.1. The Morgan fingerprint density at radius 1 is 0.896 bits per heavy atom. The molecule has 272 valence electrons. The molecule has 2 saturated carbocycles. The Labute approximate surface area is 286 Å². The van der Waals surface area contributed by atoms with Crippen molar-refractivity contribution in [3.05, 3.63) is 11.1 Å². The van der Waals surface area contributed by atoms with Crippen LogP contribution < -0.4 is 0 Å². The van der Waals surface area contributed by atoms with E-state index < -0.39 is 72.0 Å². The minimum atomic E-state index is -1.77. The van der Waals surface area contributed by atoms with E-state index in [9.17, 15) is 34.8 Å². The van der Waals surface area contributed by atoms with Crippen LogP contribution >= 0.6 is 0 Å². The Morgan fingerprint density at radius 3 is 2.15 bits per heavy atom. The summed E-state index contributed by atoms with van der Waals surface area (Å²) < 4.78 is 18.1. The molecule has 11 atom stereocenters. The highest BCUT2D eigenvalue weighted by atomic mass is 16.6. The fraction of sp³-hybridized carbons (Fsp3) is 0.868. The third-order valence-corrected chi connectivity index (χ3v) is 14.1. The van der Waals surface area contributed by atoms with E-state index in [0.717, 1.165) is 44.9 Å². The Kier molecular flexibility index (Phi) is 9.58. The molecule has 0 bridgehead atoms. The van der Waals surface area contributed by atoms with Crippen molar-refractivity contribution >= 4 is 17.9 Å². The fourth-order valence-electron chi connectivity index (χ4n) is 11.7. The van der Waals surface area contributed by atoms with E-state index in [2.05, 4.69) is 34.6 Å². The summed E-state index contributed by atoms with van der Waals surface area (Å²) in [6, 6.07) is 0. The van der Waals surface area contributed by atoms with Crippen molar-refractivity contribution in [3.8, 4) is 0 Å². The van der Waals surface area contributed by atoms with E-state index in [-0.39, 0.29) is 34.0 Å². The smallest absolute Gasteiger partial charge is 0.309 e. The van der Waals surface area contributed by atoms with Crippen LogP contribution in [0.4, 0.5) is 0 Å². The first-order valence-corrected chi connectivity index (χ1v) is 18.1. The van der Waals surface area contributed by atoms with Gasteiger partial charge in [-0.2, -0.15) is 0 Å². The minimum absolute atomic E-state index is 0.00438. The van der Waals surface area contributed by atoms with Gasteiger partial charge in [-0.25, -0.2) is 0 Å². The lowest BCUT2D eigenvalue weighted by molar-refractivity contribution is -0.247. The molecule has 0 spiro atoms. The lowest BCUT2D eigenvalue weighted by atomic mass is 9.43. The molecule has 5 rings (SSSR count). The lowest BCUT2D eigenvalue weighted by Crippen LogP contribution is -2.61. The van der Waals surface area contributed by atoms with Crippen LogP contribution in [0.1, 0.15) is 133 Å². The number of hydrogen-bond acceptors (Lipinski definition) is 9. The summed E-state index contributed by atoms with van der Waals surface area (Å²) in [4.78, 5) is 36.9. The number of aliphatic hydroxyl groups excluding tert-OH is 1. The maximum Gasteiger partial charge on any atom is 0.309 e. The number of rotatable bonds is 8. The summed E-state index contributed by atoms with van der Waals surface area (Å²) in [5.74, 6) is -1.93. The van der Waals surface area contributed by atoms with E-state index in [0.29, 0.717) is 12.8 Å². The molecule has 0 amide bonds. The topological polar surface area (TPSA) is 160 Å². The van der Waals surface area contributed by atoms with Gasteiger partial charge in [-0.3, -0.25) is 14.4 Å². The number of aliphatic hydroxyl groups is 3. The predicted molar refractivity (Wildman–Crippen MR) is 177 cm³/mol. The minimum Gasteiger partial charge on any atom is -0.481 e. The van der Waals surface area contributed by atoms with Crippen LogP contribution in [0.25, 0.3) is 0 Å². The molecule has 10 nitrogen and oxygen atoms in total. The van der Waals surface area contributed by atoms with Gasteiger partial charge in [0.25, 0.3) is 0 Å². The zero-order valence-corrected chi connectivity index (χ0v) is 30.6. The number of aliphatic carboxylic acids is 1. The van der Waals surface area contributed by atoms with Gasteiger partial charge in [0.15, 0.2) is 6.29 Å². The zero-order valence-electron chi connectivity index (χ0n) is 30.6. The molecule has 3 fully saturated rings. The number of carbonyl (C=O) groups excluding carboxylic acids is 2. The summed E-state index contributed by atoms with van der Waals surface area (Å²) in [5, 5.41) is 41.6. The second-order valence-electron chi connectivity index (χ2n) is 18.1. The Morgan fingerprint density at radius 2 is 1.56 bits per heavy atom. The van der Waals surface area contributed by atoms with Crippen LogP contribution in [0.3, 0.4) is 0 Å². The van der Waals surface area contributed by atoms with Gasteiger partial charge in [0, 0.05) is 18.3 Å². The summed E-state index contributed by atoms with van der Waals surface area (Å²) in [7, 11) is 0. The van der Waals surface area contributed by atoms with Crippen LogP contribution in [-0.4, -0.2) is 74.1 Å². The molecule has 4 N–H and O–H groups in total. The summed E-state index contributed by atoms with van der Waals surface area (Å²) in [6.07, 6.45) is 3.88. The van der Waals surface area contributed by atoms with Gasteiger partial charge in [0.1, 0.15) is 12.2 Å². The van der Waals surface area contributed by atoms with Crippen molar-refractivity contribution in [1.29, 1.82) is 0 Å².